The van der Waals surface area contributed by atoms with Crippen LogP contribution < -0.4 is 4.74 Å². The van der Waals surface area contributed by atoms with Gasteiger partial charge in [-0.1, -0.05) is 24.3 Å². The molecule has 11 heteroatoms. The van der Waals surface area contributed by atoms with Crippen molar-refractivity contribution in [1.82, 2.24) is 19.4 Å². The third-order valence-corrected chi connectivity index (χ3v) is 9.36. The minimum Gasteiger partial charge on any atom is -0.478 e. The van der Waals surface area contributed by atoms with Gasteiger partial charge in [-0.2, -0.15) is 0 Å². The lowest BCUT2D eigenvalue weighted by Crippen LogP contribution is -2.31. The number of benzene rings is 3. The molecule has 1 amide bonds. The van der Waals surface area contributed by atoms with Gasteiger partial charge in [-0.05, 0) is 77.9 Å². The van der Waals surface area contributed by atoms with Crippen LogP contribution >= 0.6 is 0 Å². The van der Waals surface area contributed by atoms with Crippen LogP contribution in [-0.4, -0.2) is 49.1 Å². The molecule has 1 saturated heterocycles. The predicted octanol–water partition coefficient (Wildman–Crippen LogP) is 6.29. The van der Waals surface area contributed by atoms with E-state index in [9.17, 15) is 14.7 Å². The zero-order chi connectivity index (χ0) is 32.9. The summed E-state index contributed by atoms with van der Waals surface area (Å²) in [5.41, 5.74) is 4.82. The van der Waals surface area contributed by atoms with Crippen molar-refractivity contribution < 1.29 is 33.0 Å². The Bertz CT molecular complexity index is 2090. The molecule has 1 unspecified atom stereocenters. The number of aromatic carboxylic acids is 1. The lowest BCUT2D eigenvalue weighted by atomic mass is 10.0. The number of imidazole rings is 1. The highest BCUT2D eigenvalue weighted by atomic mass is 19.1. The van der Waals surface area contributed by atoms with Crippen molar-refractivity contribution in [2.75, 3.05) is 6.61 Å². The Labute approximate surface area is 274 Å². The first-order chi connectivity index (χ1) is 23.3. The van der Waals surface area contributed by atoms with E-state index in [0.29, 0.717) is 43.1 Å². The normalized spacial score (nSPS) is 17.0. The zero-order valence-electron chi connectivity index (χ0n) is 26.0. The van der Waals surface area contributed by atoms with Crippen molar-refractivity contribution in [2.45, 2.75) is 58.0 Å². The molecule has 0 spiro atoms. The molecule has 3 aliphatic rings. The Balaban J connectivity index is 0.994. The zero-order valence-corrected chi connectivity index (χ0v) is 26.0. The summed E-state index contributed by atoms with van der Waals surface area (Å²) < 4.78 is 44.6. The van der Waals surface area contributed by atoms with Gasteiger partial charge in [0, 0.05) is 43.7 Å². The second-order valence-corrected chi connectivity index (χ2v) is 12.8. The molecule has 1 atom stereocenters. The molecule has 1 aliphatic carbocycles. The summed E-state index contributed by atoms with van der Waals surface area (Å²) in [6, 6.07) is 17.9. The minimum atomic E-state index is -1.06. The van der Waals surface area contributed by atoms with Crippen molar-refractivity contribution in [1.29, 1.82) is 0 Å². The Morgan fingerprint density at radius 1 is 0.938 bits per heavy atom. The number of pyridine rings is 1. The average Bonchev–Trinajstić information content (AvgIpc) is 3.74. The molecule has 2 aromatic heterocycles. The van der Waals surface area contributed by atoms with Crippen LogP contribution in [0.1, 0.15) is 57.7 Å². The summed E-state index contributed by atoms with van der Waals surface area (Å²) in [6.45, 7) is 2.55. The van der Waals surface area contributed by atoms with E-state index in [-0.39, 0.29) is 59.2 Å². The lowest BCUT2D eigenvalue weighted by Gasteiger charge is -2.27. The molecular formula is C37H32F2N4O5. The Hall–Kier alpha value is -5.16. The summed E-state index contributed by atoms with van der Waals surface area (Å²) in [4.78, 5) is 35.1. The van der Waals surface area contributed by atoms with Crippen molar-refractivity contribution in [2.24, 2.45) is 5.92 Å². The maximum Gasteiger partial charge on any atom is 0.335 e. The predicted molar refractivity (Wildman–Crippen MR) is 171 cm³/mol. The summed E-state index contributed by atoms with van der Waals surface area (Å²) in [5.74, 6) is -1.14. The van der Waals surface area contributed by atoms with Gasteiger partial charge in [0.2, 0.25) is 11.8 Å². The molecule has 244 valence electrons. The first kappa shape index (κ1) is 30.2. The van der Waals surface area contributed by atoms with E-state index in [4.69, 9.17) is 9.47 Å². The fourth-order valence-electron chi connectivity index (χ4n) is 6.45. The molecule has 4 heterocycles. The number of carboxylic acid groups (broad SMARTS) is 1. The minimum absolute atomic E-state index is 0.00197. The molecule has 2 fully saturated rings. The molecule has 48 heavy (non-hydrogen) atoms. The number of carbonyl (C=O) groups excluding carboxylic acids is 1. The molecule has 3 aromatic carbocycles. The number of hydrogen-bond acceptors (Lipinski definition) is 6. The molecular weight excluding hydrogens is 618 g/mol. The van der Waals surface area contributed by atoms with Crippen LogP contribution in [0.25, 0.3) is 22.3 Å². The van der Waals surface area contributed by atoms with E-state index >= 15 is 8.78 Å². The van der Waals surface area contributed by atoms with E-state index in [0.717, 1.165) is 48.1 Å². The van der Waals surface area contributed by atoms with Gasteiger partial charge < -0.3 is 24.0 Å². The highest BCUT2D eigenvalue weighted by Crippen LogP contribution is 2.35. The van der Waals surface area contributed by atoms with Gasteiger partial charge in [0.05, 0.1) is 34.9 Å². The molecule has 9 nitrogen and oxygen atoms in total. The maximum atomic E-state index is 15.6. The number of carbonyl (C=O) groups is 2. The number of amides is 1. The van der Waals surface area contributed by atoms with Crippen LogP contribution in [-0.2, 0) is 42.2 Å². The summed E-state index contributed by atoms with van der Waals surface area (Å²) in [5, 5.41) is 9.50. The number of fused-ring (bicyclic) bond motifs is 2. The van der Waals surface area contributed by atoms with Crippen LogP contribution in [0.15, 0.2) is 66.7 Å². The first-order valence-electron chi connectivity index (χ1n) is 16.1. The van der Waals surface area contributed by atoms with Crippen molar-refractivity contribution in [3.05, 3.63) is 112 Å². The number of ether oxygens (including phenoxy) is 2. The number of hydrogen-bond donors (Lipinski definition) is 1. The largest absolute Gasteiger partial charge is 0.478 e. The number of halogens is 2. The third kappa shape index (κ3) is 5.90. The standard InChI is InChI=1S/C37H32F2N4O5/c38-29-16-28(30(39)13-25(29)15-34-40-32-9-8-23(37(45)46)14-33(32)43(34)19-27-10-11-47-27)31-2-1-3-35(41-31)48-20-21-4-5-24-17-42(18-26(24)12-21)36(44)22-6-7-22/h1-5,8-9,12-14,16,22,27H,6-7,10-11,15,17-20H2,(H,45,46). The van der Waals surface area contributed by atoms with Gasteiger partial charge in [-0.25, -0.2) is 23.5 Å². The monoisotopic (exact) mass is 650 g/mol. The van der Waals surface area contributed by atoms with Gasteiger partial charge in [0.15, 0.2) is 0 Å². The second kappa shape index (κ2) is 12.1. The second-order valence-electron chi connectivity index (χ2n) is 12.8. The highest BCUT2D eigenvalue weighted by Gasteiger charge is 2.35. The molecule has 1 saturated carbocycles. The van der Waals surface area contributed by atoms with Gasteiger partial charge in [0.25, 0.3) is 0 Å². The van der Waals surface area contributed by atoms with E-state index in [2.05, 4.69) is 9.97 Å². The lowest BCUT2D eigenvalue weighted by molar-refractivity contribution is -0.133. The highest BCUT2D eigenvalue weighted by molar-refractivity contribution is 5.92. The van der Waals surface area contributed by atoms with E-state index in [1.54, 1.807) is 30.3 Å². The van der Waals surface area contributed by atoms with Crippen LogP contribution in [0.5, 0.6) is 5.88 Å². The summed E-state index contributed by atoms with van der Waals surface area (Å²) >= 11 is 0. The topological polar surface area (TPSA) is 107 Å². The van der Waals surface area contributed by atoms with Crippen molar-refractivity contribution in [3.8, 4) is 17.1 Å². The van der Waals surface area contributed by atoms with Crippen LogP contribution in [0, 0.1) is 17.6 Å². The number of carboxylic acids is 1. The molecule has 0 radical (unpaired) electrons. The number of rotatable bonds is 10. The first-order valence-corrected chi connectivity index (χ1v) is 16.1. The molecule has 8 rings (SSSR count). The maximum absolute atomic E-state index is 15.6. The SMILES string of the molecule is O=C(O)c1ccc2nc(Cc3cc(F)c(-c4cccc(OCc5ccc6c(c5)CN(C(=O)C5CC5)C6)n4)cc3F)n(CC3CCO3)c2c1. The van der Waals surface area contributed by atoms with Crippen LogP contribution in [0.4, 0.5) is 8.78 Å². The number of nitrogens with zero attached hydrogens (tertiary/aromatic N) is 4. The Morgan fingerprint density at radius 3 is 2.54 bits per heavy atom. The quantitative estimate of drug-likeness (QED) is 0.190. The van der Waals surface area contributed by atoms with Gasteiger partial charge in [-0.15, -0.1) is 0 Å². The summed E-state index contributed by atoms with van der Waals surface area (Å²) in [6.07, 6.45) is 2.75. The Morgan fingerprint density at radius 2 is 1.77 bits per heavy atom. The third-order valence-electron chi connectivity index (χ3n) is 9.36. The van der Waals surface area contributed by atoms with Gasteiger partial charge in [-0.3, -0.25) is 4.79 Å². The van der Waals surface area contributed by atoms with E-state index in [1.165, 1.54) is 6.07 Å². The van der Waals surface area contributed by atoms with Crippen molar-refractivity contribution in [3.63, 3.8) is 0 Å². The number of aromatic nitrogens is 3. The fourth-order valence-corrected chi connectivity index (χ4v) is 6.45. The molecule has 1 N–H and O–H groups in total. The van der Waals surface area contributed by atoms with E-state index < -0.39 is 17.6 Å². The smallest absolute Gasteiger partial charge is 0.335 e. The van der Waals surface area contributed by atoms with Crippen LogP contribution in [0.3, 0.4) is 0 Å². The molecule has 5 aromatic rings. The van der Waals surface area contributed by atoms with E-state index in [1.807, 2.05) is 27.7 Å². The average molecular weight is 651 g/mol. The van der Waals surface area contributed by atoms with Gasteiger partial charge >= 0.3 is 5.97 Å². The van der Waals surface area contributed by atoms with Gasteiger partial charge in [0.1, 0.15) is 24.1 Å². The Kier molecular flexibility index (Phi) is 7.63. The molecule has 2 aliphatic heterocycles. The summed E-state index contributed by atoms with van der Waals surface area (Å²) in [7, 11) is 0. The fraction of sp³-hybridized carbons (Fsp3) is 0.297. The molecule has 0 bridgehead atoms. The van der Waals surface area contributed by atoms with Crippen LogP contribution in [0.2, 0.25) is 0 Å². The van der Waals surface area contributed by atoms with Crippen molar-refractivity contribution >= 4 is 22.9 Å².